The number of carboxylic acid groups (broad SMARTS) is 1. The van der Waals surface area contributed by atoms with Crippen molar-refractivity contribution < 1.29 is 19.1 Å². The fourth-order valence-electron chi connectivity index (χ4n) is 1.40. The smallest absolute Gasteiger partial charge is 0.371 e. The van der Waals surface area contributed by atoms with E-state index in [2.05, 4.69) is 20.9 Å². The minimum Gasteiger partial charge on any atom is -0.487 e. The van der Waals surface area contributed by atoms with E-state index in [1.54, 1.807) is 25.4 Å². The van der Waals surface area contributed by atoms with Gasteiger partial charge in [0.15, 0.2) is 0 Å². The molecule has 0 aliphatic rings. The second kappa shape index (κ2) is 5.22. The number of hydrogen-bond donors (Lipinski definition) is 1. The van der Waals surface area contributed by atoms with Gasteiger partial charge in [0.1, 0.15) is 18.1 Å². The van der Waals surface area contributed by atoms with E-state index in [1.807, 2.05) is 0 Å². The van der Waals surface area contributed by atoms with Crippen molar-refractivity contribution in [3.8, 4) is 5.75 Å². The number of rotatable bonds is 4. The van der Waals surface area contributed by atoms with E-state index in [9.17, 15) is 4.79 Å². The van der Waals surface area contributed by atoms with E-state index in [0.29, 0.717) is 17.1 Å². The van der Waals surface area contributed by atoms with Crippen molar-refractivity contribution in [2.75, 3.05) is 0 Å². The molecule has 0 aromatic carbocycles. The van der Waals surface area contributed by atoms with Gasteiger partial charge in [0.2, 0.25) is 5.76 Å². The Hall–Kier alpha value is -1.82. The lowest BCUT2D eigenvalue weighted by atomic mass is 10.2. The number of ether oxygens (including phenoxy) is 1. The minimum absolute atomic E-state index is 0.0848. The highest BCUT2D eigenvalue weighted by molar-refractivity contribution is 9.10. The zero-order valence-electron chi connectivity index (χ0n) is 9.51. The number of furan rings is 1. The molecule has 0 unspecified atom stereocenters. The van der Waals surface area contributed by atoms with Crippen molar-refractivity contribution in [2.24, 2.45) is 0 Å². The predicted octanol–water partition coefficient (Wildman–Crippen LogP) is 3.02. The fraction of sp³-hybridized carbons (Fsp3) is 0.167. The quantitative estimate of drug-likeness (QED) is 0.939. The van der Waals surface area contributed by atoms with Crippen molar-refractivity contribution >= 4 is 21.9 Å². The minimum atomic E-state index is -1.09. The van der Waals surface area contributed by atoms with Gasteiger partial charge in [0, 0.05) is 16.2 Å². The summed E-state index contributed by atoms with van der Waals surface area (Å²) in [6.45, 7) is 1.94. The number of nitrogens with zero attached hydrogens (tertiary/aromatic N) is 1. The third-order valence-corrected chi connectivity index (χ3v) is 2.74. The molecule has 94 valence electrons. The van der Waals surface area contributed by atoms with Crippen LogP contribution in [0.25, 0.3) is 0 Å². The summed E-state index contributed by atoms with van der Waals surface area (Å²) in [6, 6.07) is 3.24. The first-order valence-corrected chi connectivity index (χ1v) is 5.91. The van der Waals surface area contributed by atoms with Crippen LogP contribution in [0, 0.1) is 6.92 Å². The lowest BCUT2D eigenvalue weighted by Gasteiger charge is -2.04. The number of aryl methyl sites for hydroxylation is 1. The number of hydrogen-bond acceptors (Lipinski definition) is 4. The van der Waals surface area contributed by atoms with E-state index >= 15 is 0 Å². The maximum atomic E-state index is 10.7. The average Bonchev–Trinajstić information content (AvgIpc) is 2.68. The molecule has 2 heterocycles. The third-order valence-electron chi connectivity index (χ3n) is 2.31. The van der Waals surface area contributed by atoms with E-state index in [-0.39, 0.29) is 12.4 Å². The molecule has 0 radical (unpaired) electrons. The molecule has 0 bridgehead atoms. The fourth-order valence-corrected chi connectivity index (χ4v) is 1.74. The Morgan fingerprint density at radius 2 is 2.28 bits per heavy atom. The number of carboxylic acids is 1. The summed E-state index contributed by atoms with van der Waals surface area (Å²) in [5, 5.41) is 8.79. The van der Waals surface area contributed by atoms with Gasteiger partial charge in [-0.2, -0.15) is 0 Å². The van der Waals surface area contributed by atoms with Crippen LogP contribution in [-0.2, 0) is 6.61 Å². The van der Waals surface area contributed by atoms with Gasteiger partial charge < -0.3 is 14.3 Å². The van der Waals surface area contributed by atoms with Crippen molar-refractivity contribution in [3.05, 3.63) is 46.1 Å². The van der Waals surface area contributed by atoms with Crippen molar-refractivity contribution in [1.29, 1.82) is 0 Å². The molecule has 1 N–H and O–H groups in total. The average molecular weight is 312 g/mol. The maximum absolute atomic E-state index is 10.7. The van der Waals surface area contributed by atoms with Crippen molar-refractivity contribution in [2.45, 2.75) is 13.5 Å². The number of aromatic carboxylic acids is 1. The molecule has 0 aliphatic heterocycles. The molecule has 6 heteroatoms. The SMILES string of the molecule is Cc1oc(C(=O)O)cc1COc1cncc(Br)c1. The van der Waals surface area contributed by atoms with Crippen LogP contribution in [0.5, 0.6) is 5.75 Å². The summed E-state index contributed by atoms with van der Waals surface area (Å²) >= 11 is 3.29. The second-order valence-corrected chi connectivity index (χ2v) is 4.54. The zero-order valence-corrected chi connectivity index (χ0v) is 11.1. The van der Waals surface area contributed by atoms with Crippen LogP contribution >= 0.6 is 15.9 Å². The number of pyridine rings is 1. The van der Waals surface area contributed by atoms with Gasteiger partial charge in [-0.3, -0.25) is 4.98 Å². The van der Waals surface area contributed by atoms with Gasteiger partial charge in [-0.25, -0.2) is 4.79 Å². The first-order valence-electron chi connectivity index (χ1n) is 5.12. The number of aromatic nitrogens is 1. The van der Waals surface area contributed by atoms with E-state index in [0.717, 1.165) is 4.47 Å². The summed E-state index contributed by atoms with van der Waals surface area (Å²) in [6.07, 6.45) is 3.23. The standard InChI is InChI=1S/C12H10BrNO4/c1-7-8(2-11(18-7)12(15)16)6-17-10-3-9(13)4-14-5-10/h2-5H,6H2,1H3,(H,15,16). The topological polar surface area (TPSA) is 72.6 Å². The molecule has 2 aromatic heterocycles. The van der Waals surface area contributed by atoms with Gasteiger partial charge >= 0.3 is 5.97 Å². The monoisotopic (exact) mass is 311 g/mol. The van der Waals surface area contributed by atoms with Crippen LogP contribution in [0.4, 0.5) is 0 Å². The lowest BCUT2D eigenvalue weighted by molar-refractivity contribution is 0.0661. The van der Waals surface area contributed by atoms with Gasteiger partial charge in [-0.15, -0.1) is 0 Å². The highest BCUT2D eigenvalue weighted by atomic mass is 79.9. The Kier molecular flexibility index (Phi) is 3.66. The molecule has 0 spiro atoms. The summed E-state index contributed by atoms with van der Waals surface area (Å²) < 4.78 is 11.4. The Bertz CT molecular complexity index is 579. The molecule has 0 aliphatic carbocycles. The molecular weight excluding hydrogens is 302 g/mol. The Morgan fingerprint density at radius 1 is 1.50 bits per heavy atom. The number of halogens is 1. The van der Waals surface area contributed by atoms with Gasteiger partial charge in [0.05, 0.1) is 6.20 Å². The maximum Gasteiger partial charge on any atom is 0.371 e. The normalized spacial score (nSPS) is 10.3. The summed E-state index contributed by atoms with van der Waals surface area (Å²) in [4.78, 5) is 14.7. The van der Waals surface area contributed by atoms with Gasteiger partial charge in [-0.1, -0.05) is 0 Å². The summed E-state index contributed by atoms with van der Waals surface area (Å²) in [7, 11) is 0. The van der Waals surface area contributed by atoms with Crippen molar-refractivity contribution in [1.82, 2.24) is 4.98 Å². The molecule has 0 fully saturated rings. The van der Waals surface area contributed by atoms with Gasteiger partial charge in [0.25, 0.3) is 0 Å². The van der Waals surface area contributed by atoms with Crippen LogP contribution in [-0.4, -0.2) is 16.1 Å². The second-order valence-electron chi connectivity index (χ2n) is 3.62. The molecule has 2 aromatic rings. The summed E-state index contributed by atoms with van der Waals surface area (Å²) in [5.41, 5.74) is 0.701. The first kappa shape index (κ1) is 12.6. The van der Waals surface area contributed by atoms with E-state index in [4.69, 9.17) is 14.3 Å². The largest absolute Gasteiger partial charge is 0.487 e. The Morgan fingerprint density at radius 3 is 2.89 bits per heavy atom. The van der Waals surface area contributed by atoms with Crippen molar-refractivity contribution in [3.63, 3.8) is 0 Å². The van der Waals surface area contributed by atoms with Gasteiger partial charge in [-0.05, 0) is 35.0 Å². The molecule has 18 heavy (non-hydrogen) atoms. The molecule has 0 saturated heterocycles. The van der Waals surface area contributed by atoms with E-state index in [1.165, 1.54) is 6.07 Å². The summed E-state index contributed by atoms with van der Waals surface area (Å²) in [5.74, 6) is -0.0378. The van der Waals surface area contributed by atoms with Crippen LogP contribution < -0.4 is 4.74 Å². The highest BCUT2D eigenvalue weighted by Gasteiger charge is 2.13. The van der Waals surface area contributed by atoms with Crippen LogP contribution in [0.2, 0.25) is 0 Å². The molecule has 0 saturated carbocycles. The zero-order chi connectivity index (χ0) is 13.1. The molecule has 5 nitrogen and oxygen atoms in total. The molecule has 2 rings (SSSR count). The molecule has 0 atom stereocenters. The number of carbonyl (C=O) groups is 1. The third kappa shape index (κ3) is 2.89. The van der Waals surface area contributed by atoms with Crippen LogP contribution in [0.15, 0.2) is 33.4 Å². The first-order chi connectivity index (χ1) is 8.56. The Labute approximate surface area is 112 Å². The van der Waals surface area contributed by atoms with Crippen LogP contribution in [0.3, 0.4) is 0 Å². The molecule has 0 amide bonds. The Balaban J connectivity index is 2.08. The van der Waals surface area contributed by atoms with E-state index < -0.39 is 5.97 Å². The lowest BCUT2D eigenvalue weighted by Crippen LogP contribution is -1.96. The van der Waals surface area contributed by atoms with Crippen LogP contribution in [0.1, 0.15) is 21.9 Å². The predicted molar refractivity (Wildman–Crippen MR) is 66.7 cm³/mol. The molecular formula is C12H10BrNO4. The highest BCUT2D eigenvalue weighted by Crippen LogP contribution is 2.20.